The molecule has 0 aromatic rings. The summed E-state index contributed by atoms with van der Waals surface area (Å²) in [5, 5.41) is 0. The zero-order chi connectivity index (χ0) is 20.5. The summed E-state index contributed by atoms with van der Waals surface area (Å²) in [5.41, 5.74) is -4.28. The van der Waals surface area contributed by atoms with Crippen molar-refractivity contribution >= 4 is 10.1 Å². The quantitative estimate of drug-likeness (QED) is 0.316. The monoisotopic (exact) mass is 418 g/mol. The van der Waals surface area contributed by atoms with Gasteiger partial charge in [0, 0.05) is 5.41 Å². The molecule has 0 bridgehead atoms. The highest BCUT2D eigenvalue weighted by Gasteiger charge is 2.59. The van der Waals surface area contributed by atoms with Crippen molar-refractivity contribution in [3.63, 3.8) is 0 Å². The van der Waals surface area contributed by atoms with Gasteiger partial charge in [0.05, 0.1) is 0 Å². The molecule has 2 saturated carbocycles. The molecule has 3 unspecified atom stereocenters. The van der Waals surface area contributed by atoms with E-state index in [4.69, 9.17) is 0 Å². The average molecular weight is 419 g/mol. The zero-order valence-electron chi connectivity index (χ0n) is 16.7. The minimum Gasteiger partial charge on any atom is -0.380 e. The van der Waals surface area contributed by atoms with Crippen molar-refractivity contribution in [3.05, 3.63) is 23.5 Å². The maximum atomic E-state index is 12.8. The van der Waals surface area contributed by atoms with E-state index >= 15 is 0 Å². The second kappa shape index (κ2) is 6.26. The molecule has 4 aliphatic rings. The predicted molar refractivity (Wildman–Crippen MR) is 100 cm³/mol. The summed E-state index contributed by atoms with van der Waals surface area (Å²) < 4.78 is 66.3. The normalized spacial score (nSPS) is 43.4. The number of hydrogen-bond donors (Lipinski definition) is 0. The Bertz CT molecular complexity index is 828. The first-order chi connectivity index (χ1) is 12.9. The highest BCUT2D eigenvalue weighted by Crippen LogP contribution is 2.65. The van der Waals surface area contributed by atoms with E-state index in [1.807, 2.05) is 6.92 Å². The number of alkyl halides is 3. The summed E-state index contributed by atoms with van der Waals surface area (Å²) >= 11 is 0. The molecule has 28 heavy (non-hydrogen) atoms. The number of rotatable bonds is 2. The minimum absolute atomic E-state index is 0.00507. The Morgan fingerprint density at radius 1 is 1.04 bits per heavy atom. The molecule has 158 valence electrons. The lowest BCUT2D eigenvalue weighted by molar-refractivity contribution is -0.0575. The van der Waals surface area contributed by atoms with Gasteiger partial charge in [-0.3, -0.25) is 0 Å². The van der Waals surface area contributed by atoms with Gasteiger partial charge in [-0.05, 0) is 80.1 Å². The molecular formula is C21H29F3O3S. The van der Waals surface area contributed by atoms with Crippen molar-refractivity contribution in [2.45, 2.75) is 71.2 Å². The summed E-state index contributed by atoms with van der Waals surface area (Å²) in [7, 11) is -5.62. The molecule has 0 aromatic carbocycles. The molecule has 0 saturated heterocycles. The van der Waals surface area contributed by atoms with Crippen LogP contribution >= 0.6 is 0 Å². The van der Waals surface area contributed by atoms with Crippen molar-refractivity contribution in [2.75, 3.05) is 0 Å². The first-order valence-electron chi connectivity index (χ1n) is 10.3. The maximum absolute atomic E-state index is 12.8. The molecule has 3 nitrogen and oxygen atoms in total. The standard InChI is InChI=1S/C21H29F3O3S/c1-13-8-10-19(2)14(12-13)4-5-15-16-6-7-18(20(16,3)11-9-17(15)19)27-28(25,26)21(22,23)24/h4,7,13,15-17H,5-6,8-12H2,1-3H3/t13-,15?,16?,17?,19-,20-/m0/s1. The number of halogens is 3. The largest absolute Gasteiger partial charge is 0.534 e. The number of hydrogen-bond acceptors (Lipinski definition) is 3. The maximum Gasteiger partial charge on any atom is 0.534 e. The van der Waals surface area contributed by atoms with Crippen molar-refractivity contribution in [2.24, 2.45) is 34.5 Å². The second-order valence-electron chi connectivity index (χ2n) is 9.85. The third-order valence-electron chi connectivity index (χ3n) is 8.34. The third-order valence-corrected chi connectivity index (χ3v) is 9.31. The molecule has 4 aliphatic carbocycles. The Balaban J connectivity index is 1.60. The predicted octanol–water partition coefficient (Wildman–Crippen LogP) is 5.95. The smallest absolute Gasteiger partial charge is 0.380 e. The fourth-order valence-corrected chi connectivity index (χ4v) is 7.26. The highest BCUT2D eigenvalue weighted by molar-refractivity contribution is 7.87. The molecule has 0 amide bonds. The van der Waals surface area contributed by atoms with Crippen molar-refractivity contribution in [1.82, 2.24) is 0 Å². The van der Waals surface area contributed by atoms with Crippen molar-refractivity contribution < 1.29 is 25.8 Å². The van der Waals surface area contributed by atoms with Crippen LogP contribution in [0.4, 0.5) is 13.2 Å². The average Bonchev–Trinajstić information content (AvgIpc) is 2.91. The number of fused-ring (bicyclic) bond motifs is 5. The van der Waals surface area contributed by atoms with Gasteiger partial charge in [0.1, 0.15) is 5.76 Å². The fraction of sp³-hybridized carbons (Fsp3) is 0.810. The van der Waals surface area contributed by atoms with Gasteiger partial charge in [0.15, 0.2) is 0 Å². The summed E-state index contributed by atoms with van der Waals surface area (Å²) in [6.45, 7) is 6.57. The Labute approximate surface area is 165 Å². The van der Waals surface area contributed by atoms with Gasteiger partial charge in [-0.1, -0.05) is 32.4 Å². The van der Waals surface area contributed by atoms with Gasteiger partial charge in [0.25, 0.3) is 0 Å². The van der Waals surface area contributed by atoms with Crippen LogP contribution in [-0.4, -0.2) is 13.9 Å². The van der Waals surface area contributed by atoms with E-state index in [2.05, 4.69) is 24.1 Å². The van der Waals surface area contributed by atoms with E-state index < -0.39 is 21.0 Å². The van der Waals surface area contributed by atoms with Crippen LogP contribution in [0.15, 0.2) is 23.5 Å². The fourth-order valence-electron chi connectivity index (χ4n) is 6.67. The van der Waals surface area contributed by atoms with E-state index in [-0.39, 0.29) is 17.1 Å². The Morgan fingerprint density at radius 3 is 2.39 bits per heavy atom. The molecule has 6 atom stereocenters. The van der Waals surface area contributed by atoms with E-state index in [1.165, 1.54) is 12.8 Å². The van der Waals surface area contributed by atoms with Crippen LogP contribution in [0.25, 0.3) is 0 Å². The molecule has 0 aromatic heterocycles. The molecule has 0 spiro atoms. The number of allylic oxidation sites excluding steroid dienone is 4. The third kappa shape index (κ3) is 2.86. The van der Waals surface area contributed by atoms with Gasteiger partial charge >= 0.3 is 15.6 Å². The molecule has 0 radical (unpaired) electrons. The SMILES string of the molecule is C[C@H]1CC[C@@]2(C)C(=CCC3C2CC[C@]2(C)C(OS(=O)(=O)C(F)(F)F)=CCC32)C1. The molecule has 0 N–H and O–H groups in total. The van der Waals surface area contributed by atoms with Gasteiger partial charge in [0.2, 0.25) is 0 Å². The Kier molecular flexibility index (Phi) is 4.54. The van der Waals surface area contributed by atoms with E-state index in [9.17, 15) is 21.6 Å². The van der Waals surface area contributed by atoms with Gasteiger partial charge in [-0.2, -0.15) is 21.6 Å². The van der Waals surface area contributed by atoms with Gasteiger partial charge < -0.3 is 4.18 Å². The molecular weight excluding hydrogens is 389 g/mol. The van der Waals surface area contributed by atoms with Gasteiger partial charge in [-0.25, -0.2) is 0 Å². The second-order valence-corrected chi connectivity index (χ2v) is 11.4. The summed E-state index contributed by atoms with van der Waals surface area (Å²) in [6.07, 6.45) is 10.6. The molecule has 4 rings (SSSR count). The summed E-state index contributed by atoms with van der Waals surface area (Å²) in [4.78, 5) is 0. The van der Waals surface area contributed by atoms with Gasteiger partial charge in [-0.15, -0.1) is 0 Å². The van der Waals surface area contributed by atoms with Crippen LogP contribution in [0.5, 0.6) is 0 Å². The topological polar surface area (TPSA) is 43.4 Å². The highest BCUT2D eigenvalue weighted by atomic mass is 32.2. The summed E-state index contributed by atoms with van der Waals surface area (Å²) in [5.74, 6) is 1.74. The zero-order valence-corrected chi connectivity index (χ0v) is 17.5. The lowest BCUT2D eigenvalue weighted by Crippen LogP contribution is -2.49. The molecule has 0 heterocycles. The van der Waals surface area contributed by atoms with Crippen LogP contribution < -0.4 is 0 Å². The van der Waals surface area contributed by atoms with Crippen LogP contribution in [0.2, 0.25) is 0 Å². The van der Waals surface area contributed by atoms with E-state index in [0.717, 1.165) is 19.3 Å². The first kappa shape index (κ1) is 20.3. The molecule has 7 heteroatoms. The lowest BCUT2D eigenvalue weighted by Gasteiger charge is -2.57. The van der Waals surface area contributed by atoms with Crippen LogP contribution in [-0.2, 0) is 14.3 Å². The van der Waals surface area contributed by atoms with Crippen LogP contribution in [0.3, 0.4) is 0 Å². The Morgan fingerprint density at radius 2 is 1.71 bits per heavy atom. The van der Waals surface area contributed by atoms with Crippen LogP contribution in [0, 0.1) is 34.5 Å². The van der Waals surface area contributed by atoms with Crippen molar-refractivity contribution in [3.8, 4) is 0 Å². The minimum atomic E-state index is -5.62. The Hall–Kier alpha value is -0.980. The van der Waals surface area contributed by atoms with Crippen molar-refractivity contribution in [1.29, 1.82) is 0 Å². The summed E-state index contributed by atoms with van der Waals surface area (Å²) in [6, 6.07) is 0. The molecule has 2 fully saturated rings. The first-order valence-corrected chi connectivity index (χ1v) is 11.7. The lowest BCUT2D eigenvalue weighted by atomic mass is 9.47. The van der Waals surface area contributed by atoms with Crippen LogP contribution in [0.1, 0.15) is 65.7 Å². The molecule has 0 aliphatic heterocycles. The van der Waals surface area contributed by atoms with E-state index in [1.54, 1.807) is 11.6 Å². The van der Waals surface area contributed by atoms with E-state index in [0.29, 0.717) is 30.6 Å².